The maximum absolute atomic E-state index is 10.8. The van der Waals surface area contributed by atoms with E-state index in [0.29, 0.717) is 0 Å². The van der Waals surface area contributed by atoms with Crippen molar-refractivity contribution < 1.29 is 4.79 Å². The molecule has 0 aliphatic heterocycles. The van der Waals surface area contributed by atoms with Gasteiger partial charge in [0.1, 0.15) is 0 Å². The van der Waals surface area contributed by atoms with Crippen molar-refractivity contribution in [3.63, 3.8) is 0 Å². The Balaban J connectivity index is 2.68. The van der Waals surface area contributed by atoms with E-state index in [1.54, 1.807) is 6.08 Å². The average molecular weight is 184 g/mol. The summed E-state index contributed by atoms with van der Waals surface area (Å²) in [5.74, 6) is 0.0333. The normalized spacial score (nSPS) is 31.5. The molecule has 1 rings (SSSR count). The molecule has 1 fully saturated rings. The van der Waals surface area contributed by atoms with Crippen molar-refractivity contribution in [2.75, 3.05) is 0 Å². The fraction of sp³-hybridized carbons (Fsp3) is 0.556. The summed E-state index contributed by atoms with van der Waals surface area (Å²) < 4.78 is 0. The molecule has 0 aromatic rings. The zero-order valence-corrected chi connectivity index (χ0v) is 7.80. The minimum Gasteiger partial charge on any atom is -0.281 e. The number of halogens is 1. The van der Waals surface area contributed by atoms with E-state index in [1.165, 1.54) is 6.08 Å². The SMILES string of the molecule is CC1(C)[C@H](C(=O)Cl)[C@@H]1/C=C\C#N. The van der Waals surface area contributed by atoms with E-state index in [0.717, 1.165) is 0 Å². The Labute approximate surface area is 76.8 Å². The topological polar surface area (TPSA) is 40.9 Å². The predicted octanol–water partition coefficient (Wildman–Crippen LogP) is 2.10. The molecule has 0 unspecified atom stereocenters. The predicted molar refractivity (Wildman–Crippen MR) is 46.4 cm³/mol. The first-order valence-corrected chi connectivity index (χ1v) is 4.15. The van der Waals surface area contributed by atoms with E-state index < -0.39 is 0 Å². The van der Waals surface area contributed by atoms with Gasteiger partial charge in [-0.15, -0.1) is 0 Å². The summed E-state index contributed by atoms with van der Waals surface area (Å²) in [6.07, 6.45) is 3.16. The third-order valence-corrected chi connectivity index (χ3v) is 2.77. The third kappa shape index (κ3) is 1.37. The highest BCUT2D eigenvalue weighted by Gasteiger charge is 2.59. The first-order valence-electron chi connectivity index (χ1n) is 3.77. The van der Waals surface area contributed by atoms with Crippen LogP contribution >= 0.6 is 11.6 Å². The van der Waals surface area contributed by atoms with Crippen LogP contribution in [0.4, 0.5) is 0 Å². The zero-order valence-electron chi connectivity index (χ0n) is 7.04. The summed E-state index contributed by atoms with van der Waals surface area (Å²) in [4.78, 5) is 10.8. The first kappa shape index (κ1) is 9.28. The van der Waals surface area contributed by atoms with Crippen LogP contribution in [0.2, 0.25) is 0 Å². The highest BCUT2D eigenvalue weighted by molar-refractivity contribution is 6.64. The Kier molecular flexibility index (Phi) is 2.25. The molecule has 2 nitrogen and oxygen atoms in total. The van der Waals surface area contributed by atoms with Gasteiger partial charge in [0.15, 0.2) is 0 Å². The number of hydrogen-bond acceptors (Lipinski definition) is 2. The highest BCUT2D eigenvalue weighted by Crippen LogP contribution is 2.59. The molecule has 2 atom stereocenters. The second kappa shape index (κ2) is 2.91. The zero-order chi connectivity index (χ0) is 9.35. The Bertz CT molecular complexity index is 275. The fourth-order valence-electron chi connectivity index (χ4n) is 1.62. The lowest BCUT2D eigenvalue weighted by Gasteiger charge is -1.95. The van der Waals surface area contributed by atoms with Gasteiger partial charge in [-0.3, -0.25) is 4.79 Å². The van der Waals surface area contributed by atoms with E-state index in [2.05, 4.69) is 0 Å². The van der Waals surface area contributed by atoms with Gasteiger partial charge in [-0.25, -0.2) is 0 Å². The van der Waals surface area contributed by atoms with Crippen molar-refractivity contribution >= 4 is 16.8 Å². The molecule has 0 aromatic heterocycles. The molecule has 1 aliphatic carbocycles. The fourth-order valence-corrected chi connectivity index (χ4v) is 2.03. The van der Waals surface area contributed by atoms with Gasteiger partial charge < -0.3 is 0 Å². The molecular weight excluding hydrogens is 174 g/mol. The number of carbonyl (C=O) groups is 1. The van der Waals surface area contributed by atoms with E-state index in [9.17, 15) is 4.79 Å². The number of nitrogens with zero attached hydrogens (tertiary/aromatic N) is 1. The average Bonchev–Trinajstić information content (AvgIpc) is 2.49. The van der Waals surface area contributed by atoms with Crippen molar-refractivity contribution in [1.29, 1.82) is 5.26 Å². The van der Waals surface area contributed by atoms with Crippen LogP contribution in [0.1, 0.15) is 13.8 Å². The van der Waals surface area contributed by atoms with Crippen LogP contribution in [-0.4, -0.2) is 5.24 Å². The second-order valence-electron chi connectivity index (χ2n) is 3.62. The molecular formula is C9H10ClNO. The van der Waals surface area contributed by atoms with E-state index >= 15 is 0 Å². The van der Waals surface area contributed by atoms with Crippen molar-refractivity contribution in [3.8, 4) is 6.07 Å². The highest BCUT2D eigenvalue weighted by atomic mass is 35.5. The summed E-state index contributed by atoms with van der Waals surface area (Å²) in [5.41, 5.74) is -0.0633. The smallest absolute Gasteiger partial charge is 0.225 e. The van der Waals surface area contributed by atoms with Crippen LogP contribution in [0.25, 0.3) is 0 Å². The standard InChI is InChI=1S/C9H10ClNO/c1-9(2)6(4-3-5-11)7(9)8(10)12/h3-4,6-7H,1-2H3/b4-3-/t6-,7-/m0/s1. The molecule has 0 saturated heterocycles. The summed E-state index contributed by atoms with van der Waals surface area (Å²) in [6, 6.07) is 1.90. The molecule has 1 aliphatic rings. The summed E-state index contributed by atoms with van der Waals surface area (Å²) in [5, 5.41) is 7.98. The van der Waals surface area contributed by atoms with Gasteiger partial charge in [-0.2, -0.15) is 5.26 Å². The van der Waals surface area contributed by atoms with Crippen LogP contribution in [0, 0.1) is 28.6 Å². The van der Waals surface area contributed by atoms with E-state index in [-0.39, 0.29) is 22.5 Å². The first-order chi connectivity index (χ1) is 5.51. The van der Waals surface area contributed by atoms with Gasteiger partial charge in [0.25, 0.3) is 0 Å². The summed E-state index contributed by atoms with van der Waals surface area (Å²) >= 11 is 5.38. The minimum absolute atomic E-state index is 0.0633. The number of hydrogen-bond donors (Lipinski definition) is 0. The van der Waals surface area contributed by atoms with Crippen LogP contribution < -0.4 is 0 Å². The van der Waals surface area contributed by atoms with E-state index in [1.807, 2.05) is 19.9 Å². The summed E-state index contributed by atoms with van der Waals surface area (Å²) in [6.45, 7) is 3.95. The summed E-state index contributed by atoms with van der Waals surface area (Å²) in [7, 11) is 0. The molecule has 0 N–H and O–H groups in total. The molecule has 0 bridgehead atoms. The molecule has 0 heterocycles. The van der Waals surface area contributed by atoms with Gasteiger partial charge in [0, 0.05) is 12.0 Å². The Hall–Kier alpha value is -0.810. The maximum atomic E-state index is 10.8. The van der Waals surface area contributed by atoms with Gasteiger partial charge in [0.05, 0.1) is 6.07 Å². The Morgan fingerprint density at radius 3 is 2.58 bits per heavy atom. The number of rotatable bonds is 2. The van der Waals surface area contributed by atoms with Crippen LogP contribution in [0.3, 0.4) is 0 Å². The number of carbonyl (C=O) groups excluding carboxylic acids is 1. The van der Waals surface area contributed by atoms with Crippen LogP contribution in [-0.2, 0) is 4.79 Å². The Morgan fingerprint density at radius 1 is 1.67 bits per heavy atom. The number of allylic oxidation sites excluding steroid dienone is 2. The number of nitriles is 1. The van der Waals surface area contributed by atoms with E-state index in [4.69, 9.17) is 16.9 Å². The minimum atomic E-state index is -0.299. The van der Waals surface area contributed by atoms with Crippen molar-refractivity contribution in [3.05, 3.63) is 12.2 Å². The van der Waals surface area contributed by atoms with Crippen molar-refractivity contribution in [1.82, 2.24) is 0 Å². The van der Waals surface area contributed by atoms with Gasteiger partial charge in [-0.1, -0.05) is 19.9 Å². The molecule has 12 heavy (non-hydrogen) atoms. The van der Waals surface area contributed by atoms with Gasteiger partial charge >= 0.3 is 0 Å². The van der Waals surface area contributed by atoms with Crippen LogP contribution in [0.15, 0.2) is 12.2 Å². The molecule has 0 spiro atoms. The molecule has 0 amide bonds. The largest absolute Gasteiger partial charge is 0.281 e. The molecule has 0 radical (unpaired) electrons. The van der Waals surface area contributed by atoms with Crippen molar-refractivity contribution in [2.24, 2.45) is 17.3 Å². The molecule has 0 aromatic carbocycles. The molecule has 1 saturated carbocycles. The lowest BCUT2D eigenvalue weighted by molar-refractivity contribution is -0.113. The lowest BCUT2D eigenvalue weighted by Crippen LogP contribution is -1.96. The molecule has 64 valence electrons. The quantitative estimate of drug-likeness (QED) is 0.486. The third-order valence-electron chi connectivity index (χ3n) is 2.53. The van der Waals surface area contributed by atoms with Crippen molar-refractivity contribution in [2.45, 2.75) is 13.8 Å². The second-order valence-corrected chi connectivity index (χ2v) is 3.99. The maximum Gasteiger partial charge on any atom is 0.225 e. The van der Waals surface area contributed by atoms with Crippen LogP contribution in [0.5, 0.6) is 0 Å². The lowest BCUT2D eigenvalue weighted by atomic mass is 10.1. The van der Waals surface area contributed by atoms with Gasteiger partial charge in [0.2, 0.25) is 5.24 Å². The monoisotopic (exact) mass is 183 g/mol. The van der Waals surface area contributed by atoms with Gasteiger partial charge in [-0.05, 0) is 22.9 Å². The Morgan fingerprint density at radius 2 is 2.25 bits per heavy atom. The molecule has 3 heteroatoms.